The number of alkyl halides is 1. The molecule has 1 atom stereocenters. The Labute approximate surface area is 102 Å². The number of nitrogens with zero attached hydrogens (tertiary/aromatic N) is 1. The highest BCUT2D eigenvalue weighted by atomic mass is 79.9. The highest BCUT2D eigenvalue weighted by Gasteiger charge is 2.23. The number of amides is 1. The molecule has 4 heteroatoms. The van der Waals surface area contributed by atoms with E-state index in [9.17, 15) is 4.79 Å². The Morgan fingerprint density at radius 1 is 1.60 bits per heavy atom. The molecule has 0 aliphatic carbocycles. The topological polar surface area (TPSA) is 20.3 Å². The summed E-state index contributed by atoms with van der Waals surface area (Å²) in [5, 5.41) is 3.98. The lowest BCUT2D eigenvalue weighted by atomic mass is 10.1. The van der Waals surface area contributed by atoms with E-state index < -0.39 is 0 Å². The van der Waals surface area contributed by atoms with Gasteiger partial charge in [0.15, 0.2) is 0 Å². The van der Waals surface area contributed by atoms with Crippen LogP contribution in [0.1, 0.15) is 28.8 Å². The number of hydrogen-bond acceptors (Lipinski definition) is 2. The summed E-state index contributed by atoms with van der Waals surface area (Å²) >= 11 is 5.19. The Kier molecular flexibility index (Phi) is 3.46. The molecule has 82 valence electrons. The SMILES string of the molecule is Cc1cscc1C(=O)N1CCCC(Br)C1. The van der Waals surface area contributed by atoms with Crippen LogP contribution in [-0.4, -0.2) is 28.7 Å². The lowest BCUT2D eigenvalue weighted by Gasteiger charge is -2.30. The maximum Gasteiger partial charge on any atom is 0.255 e. The maximum absolute atomic E-state index is 12.1. The molecule has 0 bridgehead atoms. The van der Waals surface area contributed by atoms with Gasteiger partial charge in [0.2, 0.25) is 0 Å². The zero-order valence-electron chi connectivity index (χ0n) is 8.70. The zero-order chi connectivity index (χ0) is 10.8. The molecule has 1 aliphatic heterocycles. The average molecular weight is 288 g/mol. The van der Waals surface area contributed by atoms with Crippen molar-refractivity contribution in [2.24, 2.45) is 0 Å². The molecule has 0 N–H and O–H groups in total. The lowest BCUT2D eigenvalue weighted by Crippen LogP contribution is -2.40. The van der Waals surface area contributed by atoms with Gasteiger partial charge in [-0.25, -0.2) is 0 Å². The van der Waals surface area contributed by atoms with Gasteiger partial charge in [0.25, 0.3) is 5.91 Å². The molecule has 1 unspecified atom stereocenters. The van der Waals surface area contributed by atoms with Gasteiger partial charge in [0, 0.05) is 23.3 Å². The summed E-state index contributed by atoms with van der Waals surface area (Å²) in [4.78, 5) is 14.6. The molecule has 15 heavy (non-hydrogen) atoms. The molecule has 1 fully saturated rings. The molecule has 0 saturated carbocycles. The van der Waals surface area contributed by atoms with Crippen molar-refractivity contribution >= 4 is 33.2 Å². The van der Waals surface area contributed by atoms with Gasteiger partial charge in [0.1, 0.15) is 0 Å². The van der Waals surface area contributed by atoms with Crippen LogP contribution in [0.25, 0.3) is 0 Å². The van der Waals surface area contributed by atoms with Crippen molar-refractivity contribution in [1.29, 1.82) is 0 Å². The number of halogens is 1. The fourth-order valence-corrected chi connectivity index (χ4v) is 3.35. The Bertz CT molecular complexity index is 363. The van der Waals surface area contributed by atoms with Gasteiger partial charge in [-0.05, 0) is 30.7 Å². The molecule has 1 amide bonds. The molecule has 1 aliphatic rings. The third-order valence-corrected chi connectivity index (χ3v) is 4.35. The second-order valence-corrected chi connectivity index (χ2v) is 6.00. The summed E-state index contributed by atoms with van der Waals surface area (Å²) in [5.74, 6) is 0.193. The molecule has 2 heterocycles. The monoisotopic (exact) mass is 287 g/mol. The quantitative estimate of drug-likeness (QED) is 0.727. The van der Waals surface area contributed by atoms with E-state index >= 15 is 0 Å². The van der Waals surface area contributed by atoms with Crippen LogP contribution in [0.2, 0.25) is 0 Å². The maximum atomic E-state index is 12.1. The Hall–Kier alpha value is -0.350. The number of carbonyl (C=O) groups is 1. The van der Waals surface area contributed by atoms with E-state index in [0.29, 0.717) is 4.83 Å². The van der Waals surface area contributed by atoms with Gasteiger partial charge in [-0.2, -0.15) is 11.3 Å². The van der Waals surface area contributed by atoms with E-state index in [1.165, 1.54) is 6.42 Å². The second kappa shape index (κ2) is 4.66. The van der Waals surface area contributed by atoms with Crippen molar-refractivity contribution in [3.8, 4) is 0 Å². The highest BCUT2D eigenvalue weighted by Crippen LogP contribution is 2.21. The number of piperidine rings is 1. The normalized spacial score (nSPS) is 21.7. The molecule has 2 rings (SSSR count). The zero-order valence-corrected chi connectivity index (χ0v) is 11.1. The van der Waals surface area contributed by atoms with Crippen molar-refractivity contribution in [2.45, 2.75) is 24.6 Å². The fourth-order valence-electron chi connectivity index (χ4n) is 1.86. The Morgan fingerprint density at radius 2 is 2.40 bits per heavy atom. The first-order valence-electron chi connectivity index (χ1n) is 5.14. The van der Waals surface area contributed by atoms with E-state index in [4.69, 9.17) is 0 Å². The minimum atomic E-state index is 0.193. The fraction of sp³-hybridized carbons (Fsp3) is 0.545. The van der Waals surface area contributed by atoms with Crippen LogP contribution in [0.4, 0.5) is 0 Å². The highest BCUT2D eigenvalue weighted by molar-refractivity contribution is 9.09. The summed E-state index contributed by atoms with van der Waals surface area (Å²) in [6, 6.07) is 0. The van der Waals surface area contributed by atoms with Crippen molar-refractivity contribution < 1.29 is 4.79 Å². The lowest BCUT2D eigenvalue weighted by molar-refractivity contribution is 0.0730. The van der Waals surface area contributed by atoms with Crippen LogP contribution >= 0.6 is 27.3 Å². The van der Waals surface area contributed by atoms with Gasteiger partial charge in [-0.15, -0.1) is 0 Å². The molecular weight excluding hydrogens is 274 g/mol. The van der Waals surface area contributed by atoms with Crippen LogP contribution in [-0.2, 0) is 0 Å². The molecule has 0 spiro atoms. The standard InChI is InChI=1S/C11H14BrNOS/c1-8-6-15-7-10(8)11(14)13-4-2-3-9(12)5-13/h6-7,9H,2-5H2,1H3. The largest absolute Gasteiger partial charge is 0.337 e. The number of carbonyl (C=O) groups excluding carboxylic acids is 1. The number of likely N-dealkylation sites (tertiary alicyclic amines) is 1. The average Bonchev–Trinajstić information content (AvgIpc) is 2.63. The molecule has 0 aromatic carbocycles. The van der Waals surface area contributed by atoms with Gasteiger partial charge in [0.05, 0.1) is 5.56 Å². The van der Waals surface area contributed by atoms with Gasteiger partial charge in [-0.1, -0.05) is 15.9 Å². The summed E-state index contributed by atoms with van der Waals surface area (Å²) < 4.78 is 0. The summed E-state index contributed by atoms with van der Waals surface area (Å²) in [6.07, 6.45) is 2.28. The predicted octanol–water partition coefficient (Wildman–Crippen LogP) is 3.06. The molecule has 1 aromatic heterocycles. The van der Waals surface area contributed by atoms with Crippen LogP contribution < -0.4 is 0 Å². The Balaban J connectivity index is 2.11. The van der Waals surface area contributed by atoms with Crippen LogP contribution in [0.3, 0.4) is 0 Å². The van der Waals surface area contributed by atoms with E-state index in [-0.39, 0.29) is 5.91 Å². The number of aryl methyl sites for hydroxylation is 1. The smallest absolute Gasteiger partial charge is 0.255 e. The summed E-state index contributed by atoms with van der Waals surface area (Å²) in [7, 11) is 0. The molecule has 1 saturated heterocycles. The van der Waals surface area contributed by atoms with Crippen LogP contribution in [0, 0.1) is 6.92 Å². The van der Waals surface area contributed by atoms with Crippen molar-refractivity contribution in [3.05, 3.63) is 21.9 Å². The molecular formula is C11H14BrNOS. The summed E-state index contributed by atoms with van der Waals surface area (Å²) in [6.45, 7) is 3.74. The van der Waals surface area contributed by atoms with Crippen LogP contribution in [0.5, 0.6) is 0 Å². The number of hydrogen-bond donors (Lipinski definition) is 0. The second-order valence-electron chi connectivity index (χ2n) is 3.96. The van der Waals surface area contributed by atoms with Gasteiger partial charge >= 0.3 is 0 Å². The summed E-state index contributed by atoms with van der Waals surface area (Å²) in [5.41, 5.74) is 1.98. The molecule has 2 nitrogen and oxygen atoms in total. The minimum absolute atomic E-state index is 0.193. The number of thiophene rings is 1. The first-order chi connectivity index (χ1) is 7.18. The van der Waals surface area contributed by atoms with E-state index in [1.807, 2.05) is 22.6 Å². The predicted molar refractivity (Wildman–Crippen MR) is 66.9 cm³/mol. The number of rotatable bonds is 1. The molecule has 0 radical (unpaired) electrons. The van der Waals surface area contributed by atoms with Gasteiger partial charge in [-0.3, -0.25) is 4.79 Å². The Morgan fingerprint density at radius 3 is 3.00 bits per heavy atom. The van der Waals surface area contributed by atoms with E-state index in [2.05, 4.69) is 15.9 Å². The minimum Gasteiger partial charge on any atom is -0.337 e. The van der Waals surface area contributed by atoms with Crippen molar-refractivity contribution in [1.82, 2.24) is 4.90 Å². The first-order valence-corrected chi connectivity index (χ1v) is 7.00. The third-order valence-electron chi connectivity index (χ3n) is 2.74. The van der Waals surface area contributed by atoms with Crippen LogP contribution in [0.15, 0.2) is 10.8 Å². The van der Waals surface area contributed by atoms with Gasteiger partial charge < -0.3 is 4.90 Å². The van der Waals surface area contributed by atoms with Crippen molar-refractivity contribution in [3.63, 3.8) is 0 Å². The third kappa shape index (κ3) is 2.42. The van der Waals surface area contributed by atoms with E-state index in [0.717, 1.165) is 30.6 Å². The van der Waals surface area contributed by atoms with Crippen molar-refractivity contribution in [2.75, 3.05) is 13.1 Å². The molecule has 1 aromatic rings. The first kappa shape index (κ1) is 11.1. The van der Waals surface area contributed by atoms with E-state index in [1.54, 1.807) is 11.3 Å².